The molecule has 0 heterocycles. The first kappa shape index (κ1) is 15.0. The zero-order valence-electron chi connectivity index (χ0n) is 8.76. The average Bonchev–Trinajstić information content (AvgIpc) is 2.24. The van der Waals surface area contributed by atoms with E-state index < -0.39 is 50.0 Å². The predicted octanol–water partition coefficient (Wildman–Crippen LogP) is -1.99. The fourth-order valence-corrected chi connectivity index (χ4v) is 0.888. The van der Waals surface area contributed by atoms with E-state index in [-0.39, 0.29) is 6.61 Å². The van der Waals surface area contributed by atoms with Crippen molar-refractivity contribution in [1.29, 1.82) is 0 Å². The number of carboxylic acid groups (broad SMARTS) is 1. The van der Waals surface area contributed by atoms with Gasteiger partial charge in [0.25, 0.3) is 0 Å². The Morgan fingerprint density at radius 1 is 1.06 bits per heavy atom. The molecule has 0 aliphatic carbocycles. The number of aliphatic hydroxyl groups is 3. The Morgan fingerprint density at radius 2 is 1.56 bits per heavy atom. The second-order valence-electron chi connectivity index (χ2n) is 3.58. The number of ether oxygens (including phenoxy) is 1. The number of Topliss-reactive ketones (excluding diaryl/α,β-unsaturated/α-hetero) is 1. The molecule has 0 saturated carbocycles. The van der Waals surface area contributed by atoms with Crippen LogP contribution in [0.1, 0.15) is 6.42 Å². The number of aliphatic hydroxyl groups excluding tert-OH is 3. The van der Waals surface area contributed by atoms with E-state index in [9.17, 15) is 9.59 Å². The molecule has 0 bridgehead atoms. The number of carbonyl (C=O) groups is 2. The van der Waals surface area contributed by atoms with Gasteiger partial charge in [-0.25, -0.2) is 0 Å². The fraction of sp³-hybridized carbons (Fsp3) is 0.778. The SMILES string of the molecule is O=C(O)CC(=O)COCC(CO)(CO)CO. The van der Waals surface area contributed by atoms with Crippen molar-refractivity contribution in [2.45, 2.75) is 6.42 Å². The Balaban J connectivity index is 3.95. The maximum absolute atomic E-state index is 10.9. The summed E-state index contributed by atoms with van der Waals surface area (Å²) < 4.78 is 4.84. The second-order valence-corrected chi connectivity index (χ2v) is 3.58. The van der Waals surface area contributed by atoms with Crippen molar-refractivity contribution in [3.8, 4) is 0 Å². The number of hydrogen-bond donors (Lipinski definition) is 4. The molecule has 0 spiro atoms. The van der Waals surface area contributed by atoms with Crippen LogP contribution in [-0.4, -0.2) is 65.2 Å². The van der Waals surface area contributed by atoms with Gasteiger partial charge in [-0.1, -0.05) is 0 Å². The van der Waals surface area contributed by atoms with Crippen molar-refractivity contribution in [2.24, 2.45) is 5.41 Å². The minimum Gasteiger partial charge on any atom is -0.481 e. The molecule has 0 unspecified atom stereocenters. The number of ketones is 1. The first-order chi connectivity index (χ1) is 7.49. The van der Waals surface area contributed by atoms with Crippen LogP contribution in [0.25, 0.3) is 0 Å². The molecule has 0 aromatic carbocycles. The van der Waals surface area contributed by atoms with Crippen molar-refractivity contribution < 1.29 is 34.8 Å². The van der Waals surface area contributed by atoms with E-state index in [1.54, 1.807) is 0 Å². The molecule has 7 heteroatoms. The summed E-state index contributed by atoms with van der Waals surface area (Å²) >= 11 is 0. The highest BCUT2D eigenvalue weighted by molar-refractivity contribution is 5.95. The topological polar surface area (TPSA) is 124 Å². The molecule has 0 saturated heterocycles. The van der Waals surface area contributed by atoms with Gasteiger partial charge in [-0.15, -0.1) is 0 Å². The molecule has 7 nitrogen and oxygen atoms in total. The summed E-state index contributed by atoms with van der Waals surface area (Å²) in [5.74, 6) is -1.86. The van der Waals surface area contributed by atoms with Crippen LogP contribution in [0.2, 0.25) is 0 Å². The predicted molar refractivity (Wildman–Crippen MR) is 51.8 cm³/mol. The first-order valence-electron chi connectivity index (χ1n) is 4.63. The van der Waals surface area contributed by atoms with Crippen LogP contribution in [0, 0.1) is 5.41 Å². The highest BCUT2D eigenvalue weighted by atomic mass is 16.5. The van der Waals surface area contributed by atoms with E-state index in [0.29, 0.717) is 0 Å². The van der Waals surface area contributed by atoms with Crippen LogP contribution in [-0.2, 0) is 14.3 Å². The van der Waals surface area contributed by atoms with Crippen LogP contribution in [0.15, 0.2) is 0 Å². The number of hydrogen-bond acceptors (Lipinski definition) is 6. The second kappa shape index (κ2) is 7.29. The van der Waals surface area contributed by atoms with E-state index in [4.69, 9.17) is 25.2 Å². The van der Waals surface area contributed by atoms with Gasteiger partial charge < -0.3 is 25.2 Å². The summed E-state index contributed by atoms with van der Waals surface area (Å²) in [6, 6.07) is 0. The van der Waals surface area contributed by atoms with Crippen molar-refractivity contribution >= 4 is 11.8 Å². The van der Waals surface area contributed by atoms with Crippen LogP contribution in [0.4, 0.5) is 0 Å². The molecule has 0 aromatic rings. The normalized spacial score (nSPS) is 11.4. The van der Waals surface area contributed by atoms with Crippen LogP contribution >= 0.6 is 0 Å². The molecular formula is C9H16O7. The Kier molecular flexibility index (Phi) is 6.82. The van der Waals surface area contributed by atoms with E-state index in [0.717, 1.165) is 0 Å². The largest absolute Gasteiger partial charge is 0.481 e. The lowest BCUT2D eigenvalue weighted by Crippen LogP contribution is -2.39. The summed E-state index contributed by atoms with van der Waals surface area (Å²) in [5.41, 5.74) is -1.20. The minimum absolute atomic E-state index is 0.220. The van der Waals surface area contributed by atoms with Crippen LogP contribution in [0.5, 0.6) is 0 Å². The third-order valence-corrected chi connectivity index (χ3v) is 2.03. The highest BCUT2D eigenvalue weighted by Crippen LogP contribution is 2.14. The van der Waals surface area contributed by atoms with E-state index >= 15 is 0 Å². The third-order valence-electron chi connectivity index (χ3n) is 2.03. The zero-order chi connectivity index (χ0) is 12.6. The lowest BCUT2D eigenvalue weighted by atomic mass is 9.93. The quantitative estimate of drug-likeness (QED) is 0.341. The number of aliphatic carboxylic acids is 1. The van der Waals surface area contributed by atoms with Gasteiger partial charge in [0, 0.05) is 0 Å². The third kappa shape index (κ3) is 5.17. The maximum atomic E-state index is 10.9. The molecule has 0 amide bonds. The summed E-state index contributed by atoms with van der Waals surface area (Å²) in [5, 5.41) is 35.0. The van der Waals surface area contributed by atoms with Crippen molar-refractivity contribution in [1.82, 2.24) is 0 Å². The van der Waals surface area contributed by atoms with Gasteiger partial charge >= 0.3 is 5.97 Å². The maximum Gasteiger partial charge on any atom is 0.310 e. The van der Waals surface area contributed by atoms with E-state index in [2.05, 4.69) is 0 Å². The van der Waals surface area contributed by atoms with Gasteiger partial charge in [0.1, 0.15) is 13.0 Å². The molecule has 0 aliphatic rings. The lowest BCUT2D eigenvalue weighted by molar-refractivity contribution is -0.142. The molecule has 0 fully saturated rings. The van der Waals surface area contributed by atoms with Gasteiger partial charge in [-0.05, 0) is 0 Å². The average molecular weight is 236 g/mol. The number of rotatable bonds is 9. The Hall–Kier alpha value is -1.02. The lowest BCUT2D eigenvalue weighted by Gasteiger charge is -2.26. The molecule has 0 radical (unpaired) electrons. The molecule has 0 rings (SSSR count). The van der Waals surface area contributed by atoms with Crippen molar-refractivity contribution in [3.63, 3.8) is 0 Å². The van der Waals surface area contributed by atoms with Crippen molar-refractivity contribution in [3.05, 3.63) is 0 Å². The van der Waals surface area contributed by atoms with Crippen LogP contribution in [0.3, 0.4) is 0 Å². The summed E-state index contributed by atoms with van der Waals surface area (Å²) in [6.45, 7) is -2.12. The standard InChI is InChI=1S/C9H16O7/c10-3-9(4-11,5-12)6-16-2-7(13)1-8(14)15/h10-12H,1-6H2,(H,14,15). The summed E-state index contributed by atoms with van der Waals surface area (Å²) in [7, 11) is 0. The Morgan fingerprint density at radius 3 is 1.94 bits per heavy atom. The zero-order valence-corrected chi connectivity index (χ0v) is 8.76. The molecule has 0 aliphatic heterocycles. The van der Waals surface area contributed by atoms with Crippen LogP contribution < -0.4 is 0 Å². The summed E-state index contributed by atoms with van der Waals surface area (Å²) in [4.78, 5) is 21.1. The molecule has 0 aromatic heterocycles. The molecule has 4 N–H and O–H groups in total. The van der Waals surface area contributed by atoms with Crippen molar-refractivity contribution in [2.75, 3.05) is 33.0 Å². The molecular weight excluding hydrogens is 220 g/mol. The smallest absolute Gasteiger partial charge is 0.310 e. The van der Waals surface area contributed by atoms with Gasteiger partial charge in [-0.2, -0.15) is 0 Å². The van der Waals surface area contributed by atoms with E-state index in [1.807, 2.05) is 0 Å². The highest BCUT2D eigenvalue weighted by Gasteiger charge is 2.28. The van der Waals surface area contributed by atoms with Gasteiger partial charge in [0.2, 0.25) is 0 Å². The molecule has 0 atom stereocenters. The van der Waals surface area contributed by atoms with Gasteiger partial charge in [0.15, 0.2) is 5.78 Å². The number of carboxylic acids is 1. The fourth-order valence-electron chi connectivity index (χ4n) is 0.888. The van der Waals surface area contributed by atoms with Gasteiger partial charge in [0.05, 0.1) is 31.8 Å². The molecule has 94 valence electrons. The summed E-state index contributed by atoms with van der Waals surface area (Å²) in [6.07, 6.45) is -0.635. The minimum atomic E-state index is -1.24. The Labute approximate surface area is 92.3 Å². The monoisotopic (exact) mass is 236 g/mol. The first-order valence-corrected chi connectivity index (χ1v) is 4.63. The molecule has 16 heavy (non-hydrogen) atoms. The Bertz CT molecular complexity index is 226. The van der Waals surface area contributed by atoms with Gasteiger partial charge in [-0.3, -0.25) is 9.59 Å². The van der Waals surface area contributed by atoms with E-state index in [1.165, 1.54) is 0 Å². The number of carbonyl (C=O) groups excluding carboxylic acids is 1.